The molecule has 1 fully saturated rings. The third-order valence-electron chi connectivity index (χ3n) is 4.96. The first-order chi connectivity index (χ1) is 12.0. The van der Waals surface area contributed by atoms with E-state index < -0.39 is 6.10 Å². The Kier molecular flexibility index (Phi) is 3.81. The Balaban J connectivity index is 1.81. The summed E-state index contributed by atoms with van der Waals surface area (Å²) in [7, 11) is 1.98. The molecule has 25 heavy (non-hydrogen) atoms. The molecule has 1 aromatic carbocycles. The molecule has 5 heteroatoms. The lowest BCUT2D eigenvalue weighted by Crippen LogP contribution is -2.13. The van der Waals surface area contributed by atoms with Crippen LogP contribution in [0.15, 0.2) is 42.7 Å². The molecular weight excluding hydrogens is 314 g/mol. The van der Waals surface area contributed by atoms with Gasteiger partial charge in [-0.1, -0.05) is 24.3 Å². The Morgan fingerprint density at radius 2 is 2.20 bits per heavy atom. The molecule has 1 aliphatic rings. The molecule has 3 aromatic rings. The van der Waals surface area contributed by atoms with E-state index in [1.54, 1.807) is 13.1 Å². The third kappa shape index (κ3) is 2.81. The van der Waals surface area contributed by atoms with Gasteiger partial charge in [-0.25, -0.2) is 4.98 Å². The zero-order valence-electron chi connectivity index (χ0n) is 14.4. The molecule has 2 N–H and O–H groups in total. The smallest absolute Gasteiger partial charge is 0.220 e. The fourth-order valence-electron chi connectivity index (χ4n) is 3.54. The lowest BCUT2D eigenvalue weighted by molar-refractivity contribution is -0.119. The van der Waals surface area contributed by atoms with E-state index in [0.717, 1.165) is 27.7 Å². The summed E-state index contributed by atoms with van der Waals surface area (Å²) in [6.07, 6.45) is 3.79. The normalized spacial score (nSPS) is 18.5. The van der Waals surface area contributed by atoms with Crippen LogP contribution in [0.3, 0.4) is 0 Å². The Hall–Kier alpha value is -2.66. The van der Waals surface area contributed by atoms with E-state index in [1.807, 2.05) is 23.7 Å². The van der Waals surface area contributed by atoms with Gasteiger partial charge in [-0.15, -0.1) is 0 Å². The van der Waals surface area contributed by atoms with Crippen molar-refractivity contribution in [3.05, 3.63) is 53.9 Å². The molecule has 3 heterocycles. The van der Waals surface area contributed by atoms with Crippen molar-refractivity contribution in [3.63, 3.8) is 0 Å². The maximum Gasteiger partial charge on any atom is 0.220 e. The van der Waals surface area contributed by atoms with Crippen LogP contribution >= 0.6 is 0 Å². The Morgan fingerprint density at radius 1 is 1.36 bits per heavy atom. The van der Waals surface area contributed by atoms with E-state index in [1.165, 1.54) is 5.56 Å². The average Bonchev–Trinajstić information content (AvgIpc) is 3.18. The van der Waals surface area contributed by atoms with Crippen molar-refractivity contribution in [1.29, 1.82) is 0 Å². The number of nitrogens with zero attached hydrogens (tertiary/aromatic N) is 2. The first-order valence-electron chi connectivity index (χ1n) is 8.53. The van der Waals surface area contributed by atoms with Gasteiger partial charge in [-0.05, 0) is 29.7 Å². The molecule has 1 aliphatic heterocycles. The Bertz CT molecular complexity index is 959. The van der Waals surface area contributed by atoms with Crippen LogP contribution in [-0.4, -0.2) is 27.1 Å². The van der Waals surface area contributed by atoms with Crippen molar-refractivity contribution in [3.8, 4) is 11.1 Å². The van der Waals surface area contributed by atoms with Crippen molar-refractivity contribution in [2.24, 2.45) is 7.05 Å². The molecule has 1 amide bonds. The number of rotatable bonds is 3. The second-order valence-corrected chi connectivity index (χ2v) is 6.80. The zero-order valence-corrected chi connectivity index (χ0v) is 14.4. The molecule has 0 aliphatic carbocycles. The number of pyridine rings is 1. The summed E-state index contributed by atoms with van der Waals surface area (Å²) in [6, 6.07) is 10.4. The number of aryl methyl sites for hydroxylation is 1. The highest BCUT2D eigenvalue weighted by molar-refractivity contribution is 5.94. The van der Waals surface area contributed by atoms with E-state index in [2.05, 4.69) is 34.7 Å². The van der Waals surface area contributed by atoms with Crippen LogP contribution in [-0.2, 0) is 11.8 Å². The standard InChI is InChI=1S/C20H21N3O2/c1-12(24)15-7-17-18(11-23(2)20(17)22-9-15)14-5-3-4-13(6-14)16-8-19(25)21-10-16/h3-7,9,11-12,16,24H,8,10H2,1-2H3,(H,21,25)/t12?,16-/m0/s1. The number of amides is 1. The fraction of sp³-hybridized carbons (Fsp3) is 0.300. The minimum absolute atomic E-state index is 0.117. The van der Waals surface area contributed by atoms with E-state index in [0.29, 0.717) is 13.0 Å². The number of carbonyl (C=O) groups excluding carboxylic acids is 1. The maximum atomic E-state index is 11.5. The van der Waals surface area contributed by atoms with E-state index in [9.17, 15) is 9.90 Å². The molecule has 4 rings (SSSR count). The molecule has 0 radical (unpaired) electrons. The van der Waals surface area contributed by atoms with Crippen LogP contribution in [0.1, 0.15) is 36.5 Å². The number of aliphatic hydroxyl groups is 1. The van der Waals surface area contributed by atoms with Gasteiger partial charge in [-0.2, -0.15) is 0 Å². The zero-order chi connectivity index (χ0) is 17.6. The number of hydrogen-bond acceptors (Lipinski definition) is 3. The molecule has 0 spiro atoms. The van der Waals surface area contributed by atoms with Gasteiger partial charge in [-0.3, -0.25) is 4.79 Å². The Labute approximate surface area is 146 Å². The molecule has 5 nitrogen and oxygen atoms in total. The summed E-state index contributed by atoms with van der Waals surface area (Å²) < 4.78 is 2.00. The highest BCUT2D eigenvalue weighted by Gasteiger charge is 2.23. The van der Waals surface area contributed by atoms with Crippen molar-refractivity contribution < 1.29 is 9.90 Å². The second-order valence-electron chi connectivity index (χ2n) is 6.80. The summed E-state index contributed by atoms with van der Waals surface area (Å²) in [6.45, 7) is 2.45. The van der Waals surface area contributed by atoms with Crippen molar-refractivity contribution in [2.45, 2.75) is 25.4 Å². The van der Waals surface area contributed by atoms with Gasteiger partial charge in [0.25, 0.3) is 0 Å². The molecular formula is C20H21N3O2. The second kappa shape index (κ2) is 6.01. The van der Waals surface area contributed by atoms with Gasteiger partial charge >= 0.3 is 0 Å². The number of aromatic nitrogens is 2. The quantitative estimate of drug-likeness (QED) is 0.773. The van der Waals surface area contributed by atoms with Crippen molar-refractivity contribution >= 4 is 16.9 Å². The van der Waals surface area contributed by atoms with E-state index in [4.69, 9.17) is 0 Å². The van der Waals surface area contributed by atoms with Gasteiger partial charge in [0.1, 0.15) is 5.65 Å². The molecule has 2 atom stereocenters. The van der Waals surface area contributed by atoms with Crippen LogP contribution < -0.4 is 5.32 Å². The molecule has 0 bridgehead atoms. The molecule has 2 aromatic heterocycles. The topological polar surface area (TPSA) is 67.2 Å². The highest BCUT2D eigenvalue weighted by atomic mass is 16.3. The number of carbonyl (C=O) groups is 1. The largest absolute Gasteiger partial charge is 0.389 e. The summed E-state index contributed by atoms with van der Waals surface area (Å²) in [5.41, 5.74) is 5.07. The van der Waals surface area contributed by atoms with Gasteiger partial charge in [0, 0.05) is 49.3 Å². The van der Waals surface area contributed by atoms with Gasteiger partial charge in [0.05, 0.1) is 6.10 Å². The van der Waals surface area contributed by atoms with Crippen LogP contribution in [0.25, 0.3) is 22.2 Å². The SMILES string of the molecule is CC(O)c1cnc2c(c1)c(-c1cccc([C@@H]3CNC(=O)C3)c1)cn2C. The molecule has 1 unspecified atom stereocenters. The summed E-state index contributed by atoms with van der Waals surface area (Å²) >= 11 is 0. The summed E-state index contributed by atoms with van der Waals surface area (Å²) in [4.78, 5) is 16.0. The predicted molar refractivity (Wildman–Crippen MR) is 97.2 cm³/mol. The predicted octanol–water partition coefficient (Wildman–Crippen LogP) is 2.90. The summed E-state index contributed by atoms with van der Waals surface area (Å²) in [5.74, 6) is 0.347. The minimum Gasteiger partial charge on any atom is -0.389 e. The highest BCUT2D eigenvalue weighted by Crippen LogP contribution is 2.33. The van der Waals surface area contributed by atoms with Gasteiger partial charge < -0.3 is 15.0 Å². The maximum absolute atomic E-state index is 11.5. The molecule has 0 saturated carbocycles. The molecule has 128 valence electrons. The van der Waals surface area contributed by atoms with Crippen molar-refractivity contribution in [2.75, 3.05) is 6.54 Å². The summed E-state index contributed by atoms with van der Waals surface area (Å²) in [5, 5.41) is 13.8. The third-order valence-corrected chi connectivity index (χ3v) is 4.96. The first-order valence-corrected chi connectivity index (χ1v) is 8.53. The number of fused-ring (bicyclic) bond motifs is 1. The lowest BCUT2D eigenvalue weighted by Gasteiger charge is -2.10. The number of benzene rings is 1. The number of nitrogens with one attached hydrogen (secondary N) is 1. The van der Waals surface area contributed by atoms with Gasteiger partial charge in [0.2, 0.25) is 5.91 Å². The van der Waals surface area contributed by atoms with E-state index in [-0.39, 0.29) is 11.8 Å². The lowest BCUT2D eigenvalue weighted by atomic mass is 9.94. The monoisotopic (exact) mass is 335 g/mol. The number of aliphatic hydroxyl groups excluding tert-OH is 1. The first kappa shape index (κ1) is 15.8. The van der Waals surface area contributed by atoms with Crippen LogP contribution in [0.5, 0.6) is 0 Å². The minimum atomic E-state index is -0.549. The van der Waals surface area contributed by atoms with Crippen molar-refractivity contribution in [1.82, 2.24) is 14.9 Å². The van der Waals surface area contributed by atoms with Crippen LogP contribution in [0.2, 0.25) is 0 Å². The average molecular weight is 335 g/mol. The van der Waals surface area contributed by atoms with Gasteiger partial charge in [0.15, 0.2) is 0 Å². The molecule has 1 saturated heterocycles. The van der Waals surface area contributed by atoms with Crippen LogP contribution in [0, 0.1) is 0 Å². The Morgan fingerprint density at radius 3 is 2.92 bits per heavy atom. The van der Waals surface area contributed by atoms with E-state index >= 15 is 0 Å². The van der Waals surface area contributed by atoms with Crippen LogP contribution in [0.4, 0.5) is 0 Å². The fourth-order valence-corrected chi connectivity index (χ4v) is 3.54. The number of hydrogen-bond donors (Lipinski definition) is 2.